The zero-order valence-electron chi connectivity index (χ0n) is 20.5. The van der Waals surface area contributed by atoms with Crippen LogP contribution in [0.25, 0.3) is 10.9 Å². The number of aryl methyl sites for hydroxylation is 2. The second kappa shape index (κ2) is 11.1. The molecule has 0 bridgehead atoms. The van der Waals surface area contributed by atoms with E-state index in [4.69, 9.17) is 4.74 Å². The smallest absolute Gasteiger partial charge is 0.252 e. The zero-order valence-corrected chi connectivity index (χ0v) is 20.5. The van der Waals surface area contributed by atoms with Crippen molar-refractivity contribution in [1.82, 2.24) is 30.1 Å². The summed E-state index contributed by atoms with van der Waals surface area (Å²) in [5.41, 5.74) is 3.28. The molecule has 0 radical (unpaired) electrons. The van der Waals surface area contributed by atoms with Gasteiger partial charge in [0.15, 0.2) is 5.82 Å². The van der Waals surface area contributed by atoms with Gasteiger partial charge >= 0.3 is 0 Å². The summed E-state index contributed by atoms with van der Waals surface area (Å²) in [4.78, 5) is 18.0. The highest BCUT2D eigenvalue weighted by atomic mass is 19.1. The van der Waals surface area contributed by atoms with E-state index in [1.54, 1.807) is 30.0 Å². The Hall–Kier alpha value is -4.37. The van der Waals surface area contributed by atoms with Crippen molar-refractivity contribution in [3.05, 3.63) is 118 Å². The molecule has 0 aliphatic heterocycles. The zero-order chi connectivity index (χ0) is 25.6. The first-order chi connectivity index (χ1) is 18.1. The summed E-state index contributed by atoms with van der Waals surface area (Å²) < 4.78 is 20.6. The van der Waals surface area contributed by atoms with Crippen LogP contribution in [0.5, 0.6) is 5.75 Å². The molecule has 0 aliphatic carbocycles. The molecule has 9 heteroatoms. The Morgan fingerprint density at radius 2 is 1.76 bits per heavy atom. The maximum atomic E-state index is 13.5. The van der Waals surface area contributed by atoms with Crippen LogP contribution in [0.4, 0.5) is 4.39 Å². The number of tetrazole rings is 1. The Bertz CT molecular complexity index is 1530. The molecule has 37 heavy (non-hydrogen) atoms. The monoisotopic (exact) mass is 498 g/mol. The second-order valence-electron chi connectivity index (χ2n) is 8.90. The minimum atomic E-state index is -0.290. The molecule has 3 aromatic carbocycles. The van der Waals surface area contributed by atoms with Gasteiger partial charge < -0.3 is 9.72 Å². The van der Waals surface area contributed by atoms with Crippen LogP contribution in [0, 0.1) is 5.82 Å². The highest BCUT2D eigenvalue weighted by molar-refractivity contribution is 5.80. The first-order valence-corrected chi connectivity index (χ1v) is 12.0. The number of methoxy groups -OCH3 is 1. The number of rotatable bonds is 10. The van der Waals surface area contributed by atoms with Gasteiger partial charge in [-0.1, -0.05) is 42.5 Å². The molecule has 0 fully saturated rings. The molecule has 8 nitrogen and oxygen atoms in total. The third-order valence-electron chi connectivity index (χ3n) is 6.27. The van der Waals surface area contributed by atoms with Crippen molar-refractivity contribution in [2.45, 2.75) is 32.6 Å². The SMILES string of the molecule is COc1ccc2cc(CN(Cc3ccc(F)cc3)Cc3nnnn3CCc3ccccc3)c(=O)[nH]c2c1. The fourth-order valence-electron chi connectivity index (χ4n) is 4.32. The van der Waals surface area contributed by atoms with Crippen molar-refractivity contribution in [1.29, 1.82) is 0 Å². The van der Waals surface area contributed by atoms with E-state index in [-0.39, 0.29) is 11.4 Å². The molecule has 1 N–H and O–H groups in total. The first kappa shape index (κ1) is 24.3. The highest BCUT2D eigenvalue weighted by Gasteiger charge is 2.16. The van der Waals surface area contributed by atoms with Crippen LogP contribution in [0.15, 0.2) is 83.7 Å². The first-order valence-electron chi connectivity index (χ1n) is 12.0. The molecule has 0 aliphatic rings. The largest absolute Gasteiger partial charge is 0.497 e. The number of nitrogens with zero attached hydrogens (tertiary/aromatic N) is 5. The molecule has 0 atom stereocenters. The van der Waals surface area contributed by atoms with Crippen LogP contribution >= 0.6 is 0 Å². The number of fused-ring (bicyclic) bond motifs is 1. The third kappa shape index (κ3) is 6.07. The van der Waals surface area contributed by atoms with E-state index in [1.165, 1.54) is 17.7 Å². The van der Waals surface area contributed by atoms with Gasteiger partial charge in [0.2, 0.25) is 0 Å². The number of aromatic amines is 1. The predicted molar refractivity (Wildman–Crippen MR) is 138 cm³/mol. The van der Waals surface area contributed by atoms with Crippen molar-refractivity contribution in [3.8, 4) is 5.75 Å². The molecule has 5 rings (SSSR count). The molecule has 0 saturated heterocycles. The van der Waals surface area contributed by atoms with E-state index in [0.29, 0.717) is 48.8 Å². The topological polar surface area (TPSA) is 88.9 Å². The standard InChI is InChI=1S/C28H27FN6O2/c1-37-25-12-9-22-15-23(28(36)30-26(22)16-25)18-34(17-21-7-10-24(29)11-8-21)19-27-31-32-33-35(27)14-13-20-5-3-2-4-6-20/h2-12,15-16H,13-14,17-19H2,1H3,(H,30,36). The van der Waals surface area contributed by atoms with E-state index < -0.39 is 0 Å². The van der Waals surface area contributed by atoms with Crippen LogP contribution in [-0.4, -0.2) is 37.2 Å². The number of aromatic nitrogens is 5. The number of ether oxygens (including phenoxy) is 1. The fraction of sp³-hybridized carbons (Fsp3) is 0.214. The second-order valence-corrected chi connectivity index (χ2v) is 8.90. The van der Waals surface area contributed by atoms with E-state index in [0.717, 1.165) is 17.4 Å². The summed E-state index contributed by atoms with van der Waals surface area (Å²) in [6.07, 6.45) is 0.796. The lowest BCUT2D eigenvalue weighted by Crippen LogP contribution is -2.28. The van der Waals surface area contributed by atoms with Crippen LogP contribution in [0.1, 0.15) is 22.5 Å². The summed E-state index contributed by atoms with van der Waals surface area (Å²) in [5, 5.41) is 13.2. The normalized spacial score (nSPS) is 11.3. The lowest BCUT2D eigenvalue weighted by atomic mass is 10.1. The van der Waals surface area contributed by atoms with Crippen molar-refractivity contribution in [2.75, 3.05) is 7.11 Å². The molecule has 5 aromatic rings. The quantitative estimate of drug-likeness (QED) is 0.312. The molecule has 0 unspecified atom stereocenters. The molecule has 0 saturated carbocycles. The number of hydrogen-bond acceptors (Lipinski definition) is 6. The number of H-pyrrole nitrogens is 1. The predicted octanol–water partition coefficient (Wildman–Crippen LogP) is 4.11. The van der Waals surface area contributed by atoms with Crippen molar-refractivity contribution < 1.29 is 9.13 Å². The summed E-state index contributed by atoms with van der Waals surface area (Å²) in [7, 11) is 1.59. The minimum Gasteiger partial charge on any atom is -0.497 e. The van der Waals surface area contributed by atoms with Gasteiger partial charge in [-0.15, -0.1) is 5.10 Å². The Morgan fingerprint density at radius 1 is 0.946 bits per heavy atom. The van der Waals surface area contributed by atoms with Gasteiger partial charge in [-0.25, -0.2) is 9.07 Å². The Morgan fingerprint density at radius 3 is 2.54 bits per heavy atom. The average Bonchev–Trinajstić information content (AvgIpc) is 3.36. The summed E-state index contributed by atoms with van der Waals surface area (Å²) in [6, 6.07) is 24.0. The Labute approximate surface area is 213 Å². The molecule has 2 aromatic heterocycles. The molecule has 0 amide bonds. The highest BCUT2D eigenvalue weighted by Crippen LogP contribution is 2.20. The maximum Gasteiger partial charge on any atom is 0.252 e. The Balaban J connectivity index is 1.40. The van der Waals surface area contributed by atoms with Gasteiger partial charge in [-0.2, -0.15) is 0 Å². The molecule has 0 spiro atoms. The van der Waals surface area contributed by atoms with Crippen molar-refractivity contribution in [2.24, 2.45) is 0 Å². The summed E-state index contributed by atoms with van der Waals surface area (Å²) in [6.45, 7) is 1.90. The fourth-order valence-corrected chi connectivity index (χ4v) is 4.32. The number of benzene rings is 3. The van der Waals surface area contributed by atoms with Gasteiger partial charge in [0.1, 0.15) is 11.6 Å². The number of hydrogen-bond donors (Lipinski definition) is 1. The minimum absolute atomic E-state index is 0.173. The van der Waals surface area contributed by atoms with Crippen LogP contribution in [-0.2, 0) is 32.6 Å². The van der Waals surface area contributed by atoms with Crippen LogP contribution in [0.3, 0.4) is 0 Å². The van der Waals surface area contributed by atoms with Gasteiger partial charge in [0, 0.05) is 31.3 Å². The van der Waals surface area contributed by atoms with Crippen molar-refractivity contribution >= 4 is 10.9 Å². The lowest BCUT2D eigenvalue weighted by Gasteiger charge is -2.22. The van der Waals surface area contributed by atoms with E-state index >= 15 is 0 Å². The lowest BCUT2D eigenvalue weighted by molar-refractivity contribution is 0.235. The maximum absolute atomic E-state index is 13.5. The van der Waals surface area contributed by atoms with E-state index in [9.17, 15) is 9.18 Å². The van der Waals surface area contributed by atoms with E-state index in [2.05, 4.69) is 37.5 Å². The average molecular weight is 499 g/mol. The molecular formula is C28H27FN6O2. The number of pyridine rings is 1. The summed E-state index contributed by atoms with van der Waals surface area (Å²) in [5.74, 6) is 1.08. The third-order valence-corrected chi connectivity index (χ3v) is 6.27. The molecular weight excluding hydrogens is 471 g/mol. The van der Waals surface area contributed by atoms with Gasteiger partial charge in [-0.3, -0.25) is 9.69 Å². The van der Waals surface area contributed by atoms with Gasteiger partial charge in [0.05, 0.1) is 19.2 Å². The number of halogens is 1. The van der Waals surface area contributed by atoms with Crippen LogP contribution in [0.2, 0.25) is 0 Å². The van der Waals surface area contributed by atoms with Crippen LogP contribution < -0.4 is 10.3 Å². The van der Waals surface area contributed by atoms with E-state index in [1.807, 2.05) is 36.4 Å². The summed E-state index contributed by atoms with van der Waals surface area (Å²) >= 11 is 0. The number of nitrogens with one attached hydrogen (secondary N) is 1. The molecule has 2 heterocycles. The van der Waals surface area contributed by atoms with Crippen molar-refractivity contribution in [3.63, 3.8) is 0 Å². The van der Waals surface area contributed by atoms with Gasteiger partial charge in [0.25, 0.3) is 5.56 Å². The van der Waals surface area contributed by atoms with Gasteiger partial charge in [-0.05, 0) is 63.7 Å². The Kier molecular flexibility index (Phi) is 7.32. The molecule has 188 valence electrons.